The minimum Gasteiger partial charge on any atom is -0.472 e. The van der Waals surface area contributed by atoms with E-state index in [1.165, 1.54) is 50.1 Å². The Hall–Kier alpha value is -2.97. The van der Waals surface area contributed by atoms with Crippen molar-refractivity contribution in [1.29, 1.82) is 0 Å². The molecule has 2 fully saturated rings. The predicted molar refractivity (Wildman–Crippen MR) is 139 cm³/mol. The largest absolute Gasteiger partial charge is 0.472 e. The molecule has 0 radical (unpaired) electrons. The highest BCUT2D eigenvalue weighted by atomic mass is 16.5. The van der Waals surface area contributed by atoms with E-state index in [9.17, 15) is 9.59 Å². The van der Waals surface area contributed by atoms with Crippen molar-refractivity contribution in [2.45, 2.75) is 50.7 Å². The standard InChI is InChI=1S/C28H37N5O3/c34-25(29-15-8-16-31-19-12-23(13-20-31)32-17-5-2-6-18-32)21-33-27-24(11-7-14-30-27)36-26(28(33)35)22-9-3-1-4-10-22/h1,3-4,7,9-11,14,23,26H,2,5-6,8,12-13,15-21H2,(H,29,34). The van der Waals surface area contributed by atoms with Gasteiger partial charge in [-0.15, -0.1) is 0 Å². The topological polar surface area (TPSA) is 78.0 Å². The van der Waals surface area contributed by atoms with Crippen LogP contribution in [0.3, 0.4) is 0 Å². The summed E-state index contributed by atoms with van der Waals surface area (Å²) in [5, 5.41) is 3.00. The first kappa shape index (κ1) is 24.7. The number of ether oxygens (including phenoxy) is 1. The molecule has 1 atom stereocenters. The molecule has 1 unspecified atom stereocenters. The Morgan fingerprint density at radius 1 is 1.00 bits per heavy atom. The fourth-order valence-corrected chi connectivity index (χ4v) is 5.61. The summed E-state index contributed by atoms with van der Waals surface area (Å²) in [4.78, 5) is 37.0. The van der Waals surface area contributed by atoms with Crippen molar-refractivity contribution in [2.75, 3.05) is 50.7 Å². The van der Waals surface area contributed by atoms with Gasteiger partial charge in [0.1, 0.15) is 6.54 Å². The van der Waals surface area contributed by atoms with E-state index in [1.807, 2.05) is 30.3 Å². The minimum atomic E-state index is -0.788. The smallest absolute Gasteiger partial charge is 0.274 e. The molecule has 2 amide bonds. The van der Waals surface area contributed by atoms with Crippen LogP contribution in [0.15, 0.2) is 48.7 Å². The number of piperidine rings is 2. The molecular formula is C28H37N5O3. The normalized spacial score (nSPS) is 21.6. The minimum absolute atomic E-state index is 0.0726. The third kappa shape index (κ3) is 5.87. The van der Waals surface area contributed by atoms with Gasteiger partial charge in [-0.2, -0.15) is 0 Å². The lowest BCUT2D eigenvalue weighted by Crippen LogP contribution is -2.48. The highest BCUT2D eigenvalue weighted by molar-refractivity contribution is 6.03. The van der Waals surface area contributed by atoms with E-state index < -0.39 is 6.10 Å². The van der Waals surface area contributed by atoms with Crippen molar-refractivity contribution in [3.8, 4) is 5.75 Å². The molecule has 1 aromatic carbocycles. The number of benzene rings is 1. The molecule has 8 heteroatoms. The number of anilines is 1. The van der Waals surface area contributed by atoms with Gasteiger partial charge in [0.05, 0.1) is 0 Å². The molecular weight excluding hydrogens is 454 g/mol. The number of pyridine rings is 1. The van der Waals surface area contributed by atoms with Crippen LogP contribution in [0.1, 0.15) is 50.2 Å². The summed E-state index contributed by atoms with van der Waals surface area (Å²) < 4.78 is 5.96. The molecule has 192 valence electrons. The lowest BCUT2D eigenvalue weighted by Gasteiger charge is -2.40. The van der Waals surface area contributed by atoms with Gasteiger partial charge in [0, 0.05) is 24.3 Å². The van der Waals surface area contributed by atoms with E-state index in [0.717, 1.165) is 37.7 Å². The predicted octanol–water partition coefficient (Wildman–Crippen LogP) is 3.00. The molecule has 5 rings (SSSR count). The first-order valence-electron chi connectivity index (χ1n) is 13.4. The molecule has 2 aromatic rings. The number of rotatable bonds is 8. The number of likely N-dealkylation sites (tertiary alicyclic amines) is 2. The second-order valence-corrected chi connectivity index (χ2v) is 10.0. The molecule has 0 saturated carbocycles. The van der Waals surface area contributed by atoms with E-state index in [-0.39, 0.29) is 18.4 Å². The van der Waals surface area contributed by atoms with Gasteiger partial charge in [-0.3, -0.25) is 14.5 Å². The molecule has 0 aliphatic carbocycles. The summed E-state index contributed by atoms with van der Waals surface area (Å²) in [7, 11) is 0. The quantitative estimate of drug-likeness (QED) is 0.572. The van der Waals surface area contributed by atoms with Crippen LogP contribution >= 0.6 is 0 Å². The van der Waals surface area contributed by atoms with Crippen molar-refractivity contribution >= 4 is 17.6 Å². The first-order chi connectivity index (χ1) is 17.7. The van der Waals surface area contributed by atoms with Crippen LogP contribution in [0.2, 0.25) is 0 Å². The van der Waals surface area contributed by atoms with Crippen molar-refractivity contribution in [3.63, 3.8) is 0 Å². The van der Waals surface area contributed by atoms with Crippen LogP contribution < -0.4 is 15.0 Å². The van der Waals surface area contributed by atoms with Gasteiger partial charge in [0.2, 0.25) is 12.0 Å². The van der Waals surface area contributed by atoms with Crippen molar-refractivity contribution in [3.05, 3.63) is 54.2 Å². The Labute approximate surface area is 213 Å². The molecule has 1 aromatic heterocycles. The van der Waals surface area contributed by atoms with Gasteiger partial charge >= 0.3 is 0 Å². The zero-order valence-electron chi connectivity index (χ0n) is 21.0. The van der Waals surface area contributed by atoms with E-state index in [0.29, 0.717) is 18.1 Å². The maximum atomic E-state index is 13.3. The number of carbonyl (C=O) groups excluding carboxylic acids is 2. The highest BCUT2D eigenvalue weighted by Crippen LogP contribution is 2.36. The van der Waals surface area contributed by atoms with Crippen LogP contribution in [-0.4, -0.2) is 78.5 Å². The van der Waals surface area contributed by atoms with Gasteiger partial charge in [-0.1, -0.05) is 36.8 Å². The van der Waals surface area contributed by atoms with E-state index >= 15 is 0 Å². The van der Waals surface area contributed by atoms with Crippen molar-refractivity contribution in [2.24, 2.45) is 0 Å². The number of hydrogen-bond acceptors (Lipinski definition) is 6. The lowest BCUT2D eigenvalue weighted by atomic mass is 10.00. The fraction of sp³-hybridized carbons (Fsp3) is 0.536. The number of hydrogen-bond donors (Lipinski definition) is 1. The highest BCUT2D eigenvalue weighted by Gasteiger charge is 2.37. The molecule has 0 bridgehead atoms. The number of carbonyl (C=O) groups is 2. The molecule has 2 saturated heterocycles. The summed E-state index contributed by atoms with van der Waals surface area (Å²) in [5.41, 5.74) is 0.756. The van der Waals surface area contributed by atoms with Gasteiger partial charge in [0.25, 0.3) is 5.91 Å². The molecule has 0 spiro atoms. The van der Waals surface area contributed by atoms with Crippen molar-refractivity contribution in [1.82, 2.24) is 20.1 Å². The SMILES string of the molecule is O=C(CN1C(=O)C(c2ccccc2)Oc2cccnc21)NCCCN1CCC(N2CCCCC2)CC1. The van der Waals surface area contributed by atoms with E-state index in [1.54, 1.807) is 18.3 Å². The van der Waals surface area contributed by atoms with Gasteiger partial charge < -0.3 is 19.9 Å². The third-order valence-corrected chi connectivity index (χ3v) is 7.58. The van der Waals surface area contributed by atoms with E-state index in [2.05, 4.69) is 20.1 Å². The summed E-state index contributed by atoms with van der Waals surface area (Å²) in [6, 6.07) is 13.7. The Morgan fingerprint density at radius 3 is 2.56 bits per heavy atom. The lowest BCUT2D eigenvalue weighted by molar-refractivity contribution is -0.129. The summed E-state index contributed by atoms with van der Waals surface area (Å²) in [6.07, 6.45) is 8.31. The number of amides is 2. The van der Waals surface area contributed by atoms with Crippen LogP contribution in [0.25, 0.3) is 0 Å². The number of nitrogens with zero attached hydrogens (tertiary/aromatic N) is 4. The van der Waals surface area contributed by atoms with Crippen LogP contribution in [0, 0.1) is 0 Å². The molecule has 1 N–H and O–H groups in total. The molecule has 36 heavy (non-hydrogen) atoms. The third-order valence-electron chi connectivity index (χ3n) is 7.58. The van der Waals surface area contributed by atoms with Crippen molar-refractivity contribution < 1.29 is 14.3 Å². The maximum Gasteiger partial charge on any atom is 0.274 e. The molecule has 8 nitrogen and oxygen atoms in total. The van der Waals surface area contributed by atoms with Gasteiger partial charge in [0.15, 0.2) is 11.6 Å². The summed E-state index contributed by atoms with van der Waals surface area (Å²) >= 11 is 0. The Kier molecular flexibility index (Phi) is 8.13. The zero-order valence-corrected chi connectivity index (χ0v) is 21.0. The zero-order chi connectivity index (χ0) is 24.7. The summed E-state index contributed by atoms with van der Waals surface area (Å²) in [5.74, 6) is 0.435. The number of nitrogens with one attached hydrogen (secondary N) is 1. The average Bonchev–Trinajstić information content (AvgIpc) is 2.94. The van der Waals surface area contributed by atoms with Gasteiger partial charge in [-0.25, -0.2) is 4.98 Å². The van der Waals surface area contributed by atoms with Crippen LogP contribution in [-0.2, 0) is 9.59 Å². The fourth-order valence-electron chi connectivity index (χ4n) is 5.61. The monoisotopic (exact) mass is 491 g/mol. The second-order valence-electron chi connectivity index (χ2n) is 10.0. The number of fused-ring (bicyclic) bond motifs is 1. The Morgan fingerprint density at radius 2 is 1.78 bits per heavy atom. The first-order valence-corrected chi connectivity index (χ1v) is 13.4. The van der Waals surface area contributed by atoms with Gasteiger partial charge in [-0.05, 0) is 77.0 Å². The summed E-state index contributed by atoms with van der Waals surface area (Å²) in [6.45, 7) is 6.34. The molecule has 4 heterocycles. The Balaban J connectivity index is 1.09. The van der Waals surface area contributed by atoms with E-state index in [4.69, 9.17) is 4.74 Å². The van der Waals surface area contributed by atoms with Crippen LogP contribution in [0.5, 0.6) is 5.75 Å². The molecule has 3 aliphatic rings. The maximum absolute atomic E-state index is 13.3. The Bertz CT molecular complexity index is 1020. The average molecular weight is 492 g/mol. The second kappa shape index (κ2) is 11.8. The molecule has 3 aliphatic heterocycles. The number of aromatic nitrogens is 1. The van der Waals surface area contributed by atoms with Crippen LogP contribution in [0.4, 0.5) is 5.82 Å².